The van der Waals surface area contributed by atoms with Crippen LogP contribution in [-0.4, -0.2) is 16.5 Å². The van der Waals surface area contributed by atoms with Gasteiger partial charge in [-0.25, -0.2) is 9.97 Å². The SMILES string of the molecule is CCNCc1cnc(Sc2ccc(Br)cc2)nc1. The Morgan fingerprint density at radius 1 is 1.17 bits per heavy atom. The van der Waals surface area contributed by atoms with Gasteiger partial charge in [-0.1, -0.05) is 22.9 Å². The summed E-state index contributed by atoms with van der Waals surface area (Å²) < 4.78 is 1.08. The van der Waals surface area contributed by atoms with Crippen molar-refractivity contribution in [2.45, 2.75) is 23.5 Å². The zero-order valence-electron chi connectivity index (χ0n) is 10.1. The number of halogens is 1. The Kier molecular flexibility index (Phi) is 5.16. The van der Waals surface area contributed by atoms with Gasteiger partial charge in [0.1, 0.15) is 0 Å². The Bertz CT molecular complexity index is 485. The van der Waals surface area contributed by atoms with Crippen molar-refractivity contribution < 1.29 is 0 Å². The van der Waals surface area contributed by atoms with Crippen LogP contribution in [0, 0.1) is 0 Å². The lowest BCUT2D eigenvalue weighted by Crippen LogP contribution is -2.12. The molecule has 2 aromatic rings. The highest BCUT2D eigenvalue weighted by Crippen LogP contribution is 2.25. The van der Waals surface area contributed by atoms with Crippen LogP contribution in [0.2, 0.25) is 0 Å². The summed E-state index contributed by atoms with van der Waals surface area (Å²) in [5.41, 5.74) is 1.11. The quantitative estimate of drug-likeness (QED) is 0.854. The van der Waals surface area contributed by atoms with Gasteiger partial charge in [0.2, 0.25) is 0 Å². The Balaban J connectivity index is 1.99. The van der Waals surface area contributed by atoms with Crippen LogP contribution in [0.15, 0.2) is 51.2 Å². The van der Waals surface area contributed by atoms with Crippen molar-refractivity contribution in [2.24, 2.45) is 0 Å². The molecule has 0 bridgehead atoms. The summed E-state index contributed by atoms with van der Waals surface area (Å²) in [5.74, 6) is 0. The summed E-state index contributed by atoms with van der Waals surface area (Å²) >= 11 is 4.98. The predicted molar refractivity (Wildman–Crippen MR) is 77.7 cm³/mol. The van der Waals surface area contributed by atoms with Gasteiger partial charge in [-0.2, -0.15) is 0 Å². The monoisotopic (exact) mass is 323 g/mol. The second-order valence-corrected chi connectivity index (χ2v) is 5.67. The fourth-order valence-electron chi connectivity index (χ4n) is 1.36. The van der Waals surface area contributed by atoms with E-state index in [-0.39, 0.29) is 0 Å². The maximum absolute atomic E-state index is 4.35. The van der Waals surface area contributed by atoms with E-state index in [1.807, 2.05) is 36.7 Å². The molecule has 0 saturated heterocycles. The van der Waals surface area contributed by atoms with Gasteiger partial charge in [0.25, 0.3) is 0 Å². The highest BCUT2D eigenvalue weighted by atomic mass is 79.9. The summed E-state index contributed by atoms with van der Waals surface area (Å²) in [6.45, 7) is 3.85. The number of nitrogens with one attached hydrogen (secondary N) is 1. The Morgan fingerprint density at radius 3 is 2.44 bits per heavy atom. The largest absolute Gasteiger partial charge is 0.313 e. The maximum Gasteiger partial charge on any atom is 0.192 e. The molecule has 1 aromatic carbocycles. The first-order valence-corrected chi connectivity index (χ1v) is 7.34. The van der Waals surface area contributed by atoms with Crippen LogP contribution >= 0.6 is 27.7 Å². The summed E-state index contributed by atoms with van der Waals surface area (Å²) in [5, 5.41) is 4.02. The predicted octanol–water partition coefficient (Wildman–Crippen LogP) is 3.50. The number of rotatable bonds is 5. The molecule has 0 saturated carbocycles. The molecule has 0 aliphatic rings. The smallest absolute Gasteiger partial charge is 0.192 e. The Hall–Kier alpha value is -0.910. The lowest BCUT2D eigenvalue weighted by atomic mass is 10.3. The molecule has 3 nitrogen and oxygen atoms in total. The van der Waals surface area contributed by atoms with Crippen molar-refractivity contribution in [1.82, 2.24) is 15.3 Å². The number of hydrogen-bond acceptors (Lipinski definition) is 4. The van der Waals surface area contributed by atoms with Crippen molar-refractivity contribution in [3.63, 3.8) is 0 Å². The molecule has 0 radical (unpaired) electrons. The number of benzene rings is 1. The fourth-order valence-corrected chi connectivity index (χ4v) is 2.32. The normalized spacial score (nSPS) is 10.6. The van der Waals surface area contributed by atoms with Crippen LogP contribution in [0.3, 0.4) is 0 Å². The molecule has 18 heavy (non-hydrogen) atoms. The van der Waals surface area contributed by atoms with Crippen molar-refractivity contribution >= 4 is 27.7 Å². The average Bonchev–Trinajstić information content (AvgIpc) is 2.41. The third kappa shape index (κ3) is 4.08. The van der Waals surface area contributed by atoms with E-state index in [0.717, 1.165) is 33.2 Å². The van der Waals surface area contributed by atoms with E-state index in [2.05, 4.69) is 38.1 Å². The standard InChI is InChI=1S/C13H14BrN3S/c1-2-15-7-10-8-16-13(17-9-10)18-12-5-3-11(14)4-6-12/h3-6,8-9,15H,2,7H2,1H3. The molecule has 1 N–H and O–H groups in total. The van der Waals surface area contributed by atoms with Gasteiger partial charge in [0.15, 0.2) is 5.16 Å². The molecule has 5 heteroatoms. The molecule has 0 aliphatic heterocycles. The number of nitrogens with zero attached hydrogens (tertiary/aromatic N) is 2. The second kappa shape index (κ2) is 6.87. The first-order valence-electron chi connectivity index (χ1n) is 5.73. The van der Waals surface area contributed by atoms with Gasteiger partial charge >= 0.3 is 0 Å². The van der Waals surface area contributed by atoms with E-state index in [4.69, 9.17) is 0 Å². The molecular formula is C13H14BrN3S. The molecule has 0 fully saturated rings. The molecule has 2 rings (SSSR count). The van der Waals surface area contributed by atoms with E-state index in [0.29, 0.717) is 0 Å². The van der Waals surface area contributed by atoms with Crippen LogP contribution in [0.5, 0.6) is 0 Å². The molecule has 1 heterocycles. The summed E-state index contributed by atoms with van der Waals surface area (Å²) in [6, 6.07) is 8.12. The molecule has 94 valence electrons. The topological polar surface area (TPSA) is 37.8 Å². The molecule has 0 atom stereocenters. The van der Waals surface area contributed by atoms with E-state index >= 15 is 0 Å². The first-order chi connectivity index (χ1) is 8.78. The van der Waals surface area contributed by atoms with Crippen molar-refractivity contribution in [3.8, 4) is 0 Å². The minimum Gasteiger partial charge on any atom is -0.313 e. The first kappa shape index (κ1) is 13.5. The minimum atomic E-state index is 0.776. The van der Waals surface area contributed by atoms with E-state index in [1.165, 1.54) is 0 Å². The van der Waals surface area contributed by atoms with E-state index in [1.54, 1.807) is 11.8 Å². The Labute approximate surface area is 120 Å². The number of aromatic nitrogens is 2. The molecule has 0 amide bonds. The fraction of sp³-hybridized carbons (Fsp3) is 0.231. The van der Waals surface area contributed by atoms with Crippen molar-refractivity contribution in [2.75, 3.05) is 6.54 Å². The minimum absolute atomic E-state index is 0.776. The zero-order chi connectivity index (χ0) is 12.8. The molecule has 0 unspecified atom stereocenters. The van der Waals surface area contributed by atoms with E-state index < -0.39 is 0 Å². The van der Waals surface area contributed by atoms with Crippen LogP contribution in [0.1, 0.15) is 12.5 Å². The van der Waals surface area contributed by atoms with Gasteiger partial charge in [-0.15, -0.1) is 0 Å². The molecule has 1 aromatic heterocycles. The Morgan fingerprint density at radius 2 is 1.83 bits per heavy atom. The molecule has 0 spiro atoms. The molecular weight excluding hydrogens is 310 g/mol. The third-order valence-electron chi connectivity index (χ3n) is 2.28. The maximum atomic E-state index is 4.35. The highest BCUT2D eigenvalue weighted by Gasteiger charge is 2.01. The number of hydrogen-bond donors (Lipinski definition) is 1. The van der Waals surface area contributed by atoms with Gasteiger partial charge in [-0.3, -0.25) is 0 Å². The van der Waals surface area contributed by atoms with Gasteiger partial charge < -0.3 is 5.32 Å². The lowest BCUT2D eigenvalue weighted by Gasteiger charge is -2.03. The molecule has 0 aliphatic carbocycles. The summed E-state index contributed by atoms with van der Waals surface area (Å²) in [4.78, 5) is 9.84. The van der Waals surface area contributed by atoms with Crippen LogP contribution in [0.25, 0.3) is 0 Å². The van der Waals surface area contributed by atoms with Crippen molar-refractivity contribution in [1.29, 1.82) is 0 Å². The van der Waals surface area contributed by atoms with Crippen LogP contribution in [0.4, 0.5) is 0 Å². The van der Waals surface area contributed by atoms with E-state index in [9.17, 15) is 0 Å². The second-order valence-electron chi connectivity index (χ2n) is 3.71. The lowest BCUT2D eigenvalue weighted by molar-refractivity contribution is 0.716. The van der Waals surface area contributed by atoms with Gasteiger partial charge in [0, 0.05) is 33.9 Å². The van der Waals surface area contributed by atoms with Crippen LogP contribution in [-0.2, 0) is 6.54 Å². The van der Waals surface area contributed by atoms with Gasteiger partial charge in [0.05, 0.1) is 0 Å². The average molecular weight is 324 g/mol. The van der Waals surface area contributed by atoms with Gasteiger partial charge in [-0.05, 0) is 42.6 Å². The third-order valence-corrected chi connectivity index (χ3v) is 3.71. The summed E-state index contributed by atoms with van der Waals surface area (Å²) in [7, 11) is 0. The summed E-state index contributed by atoms with van der Waals surface area (Å²) in [6.07, 6.45) is 3.74. The highest BCUT2D eigenvalue weighted by molar-refractivity contribution is 9.10. The van der Waals surface area contributed by atoms with Crippen molar-refractivity contribution in [3.05, 3.63) is 46.7 Å². The van der Waals surface area contributed by atoms with Crippen LogP contribution < -0.4 is 5.32 Å². The zero-order valence-corrected chi connectivity index (χ0v) is 12.5.